The fraction of sp³-hybridized carbons (Fsp3) is 0.312. The fourth-order valence-electron chi connectivity index (χ4n) is 2.08. The summed E-state index contributed by atoms with van der Waals surface area (Å²) in [5, 5.41) is 2.92. The molecule has 1 aromatic heterocycles. The molecule has 4 nitrogen and oxygen atoms in total. The molecule has 0 bridgehead atoms. The second kappa shape index (κ2) is 6.35. The van der Waals surface area contributed by atoms with Crippen LogP contribution >= 0.6 is 15.9 Å². The van der Waals surface area contributed by atoms with Crippen molar-refractivity contribution in [3.8, 4) is 0 Å². The van der Waals surface area contributed by atoms with E-state index < -0.39 is 0 Å². The molecule has 0 aliphatic carbocycles. The predicted molar refractivity (Wildman–Crippen MR) is 86.0 cm³/mol. The minimum absolute atomic E-state index is 0.0870. The van der Waals surface area contributed by atoms with Gasteiger partial charge in [-0.2, -0.15) is 0 Å². The van der Waals surface area contributed by atoms with Gasteiger partial charge in [0.05, 0.1) is 11.3 Å². The Morgan fingerprint density at radius 1 is 1.29 bits per heavy atom. The Kier molecular flexibility index (Phi) is 4.73. The van der Waals surface area contributed by atoms with Crippen molar-refractivity contribution in [3.63, 3.8) is 0 Å². The first kappa shape index (κ1) is 15.6. The monoisotopic (exact) mass is 347 g/mol. The van der Waals surface area contributed by atoms with E-state index in [-0.39, 0.29) is 11.3 Å². The summed E-state index contributed by atoms with van der Waals surface area (Å²) in [5.41, 5.74) is 2.41. The molecule has 0 aliphatic heterocycles. The Hall–Kier alpha value is -1.75. The van der Waals surface area contributed by atoms with Gasteiger partial charge in [-0.3, -0.25) is 4.79 Å². The average Bonchev–Trinajstić information content (AvgIpc) is 2.44. The smallest absolute Gasteiger partial charge is 0.252 e. The van der Waals surface area contributed by atoms with Crippen LogP contribution in [-0.4, -0.2) is 15.9 Å². The number of rotatable bonds is 3. The Morgan fingerprint density at radius 3 is 2.67 bits per heavy atom. The quantitative estimate of drug-likeness (QED) is 0.924. The number of benzene rings is 1. The Bertz CT molecular complexity index is 650. The van der Waals surface area contributed by atoms with Gasteiger partial charge in [0.2, 0.25) is 0 Å². The largest absolute Gasteiger partial charge is 0.348 e. The van der Waals surface area contributed by atoms with Gasteiger partial charge in [-0.25, -0.2) is 9.97 Å². The van der Waals surface area contributed by atoms with Crippen LogP contribution in [0, 0.1) is 0 Å². The minimum Gasteiger partial charge on any atom is -0.348 e. The third-order valence-corrected chi connectivity index (χ3v) is 3.75. The molecule has 5 heteroatoms. The van der Waals surface area contributed by atoms with E-state index in [1.54, 1.807) is 18.6 Å². The highest BCUT2D eigenvalue weighted by molar-refractivity contribution is 9.10. The van der Waals surface area contributed by atoms with Gasteiger partial charge in [0, 0.05) is 28.2 Å². The summed E-state index contributed by atoms with van der Waals surface area (Å²) in [6.07, 6.45) is 3.30. The number of carbonyl (C=O) groups is 1. The van der Waals surface area contributed by atoms with Gasteiger partial charge in [-0.15, -0.1) is 0 Å². The van der Waals surface area contributed by atoms with Gasteiger partial charge < -0.3 is 5.32 Å². The standard InChI is InChI=1S/C16H18BrN3O/c1-16(2,3)14-11(8-18-10-20-14)9-19-15(21)12-6-4-5-7-13(12)17/h4-8,10H,9H2,1-3H3,(H,19,21). The van der Waals surface area contributed by atoms with Crippen LogP contribution in [0.1, 0.15) is 42.4 Å². The number of amides is 1. The van der Waals surface area contributed by atoms with Crippen molar-refractivity contribution in [2.24, 2.45) is 0 Å². The summed E-state index contributed by atoms with van der Waals surface area (Å²) in [6, 6.07) is 7.35. The van der Waals surface area contributed by atoms with Crippen LogP contribution in [-0.2, 0) is 12.0 Å². The number of hydrogen-bond donors (Lipinski definition) is 1. The molecule has 0 aliphatic rings. The third-order valence-electron chi connectivity index (χ3n) is 3.06. The number of carbonyl (C=O) groups excluding carboxylic acids is 1. The van der Waals surface area contributed by atoms with Crippen LogP contribution in [0.4, 0.5) is 0 Å². The Morgan fingerprint density at radius 2 is 2.00 bits per heavy atom. The number of aromatic nitrogens is 2. The van der Waals surface area contributed by atoms with E-state index in [1.165, 1.54) is 0 Å². The van der Waals surface area contributed by atoms with Crippen molar-refractivity contribution in [2.45, 2.75) is 32.7 Å². The maximum absolute atomic E-state index is 12.2. The van der Waals surface area contributed by atoms with E-state index in [9.17, 15) is 4.79 Å². The van der Waals surface area contributed by atoms with Crippen molar-refractivity contribution in [2.75, 3.05) is 0 Å². The van der Waals surface area contributed by atoms with Gasteiger partial charge in [0.25, 0.3) is 5.91 Å². The molecule has 0 spiro atoms. The van der Waals surface area contributed by atoms with E-state index >= 15 is 0 Å². The summed E-state index contributed by atoms with van der Waals surface area (Å²) in [6.45, 7) is 6.69. The molecule has 0 radical (unpaired) electrons. The van der Waals surface area contributed by atoms with Crippen molar-refractivity contribution < 1.29 is 4.79 Å². The molecular weight excluding hydrogens is 330 g/mol. The van der Waals surface area contributed by atoms with E-state index in [1.807, 2.05) is 18.2 Å². The molecule has 21 heavy (non-hydrogen) atoms. The first-order valence-corrected chi connectivity index (χ1v) is 7.51. The highest BCUT2D eigenvalue weighted by atomic mass is 79.9. The van der Waals surface area contributed by atoms with Crippen LogP contribution in [0.25, 0.3) is 0 Å². The molecule has 2 aromatic rings. The minimum atomic E-state index is -0.119. The van der Waals surface area contributed by atoms with Crippen LogP contribution in [0.3, 0.4) is 0 Å². The summed E-state index contributed by atoms with van der Waals surface area (Å²) < 4.78 is 0.780. The van der Waals surface area contributed by atoms with Crippen LogP contribution in [0.15, 0.2) is 41.3 Å². The number of hydrogen-bond acceptors (Lipinski definition) is 3. The summed E-state index contributed by atoms with van der Waals surface area (Å²) >= 11 is 3.38. The maximum Gasteiger partial charge on any atom is 0.252 e. The highest BCUT2D eigenvalue weighted by Gasteiger charge is 2.20. The van der Waals surface area contributed by atoms with Crippen LogP contribution < -0.4 is 5.32 Å². The zero-order chi connectivity index (χ0) is 15.5. The van der Waals surface area contributed by atoms with Crippen molar-refractivity contribution in [3.05, 3.63) is 58.1 Å². The Labute approximate surface area is 133 Å². The zero-order valence-electron chi connectivity index (χ0n) is 12.4. The lowest BCUT2D eigenvalue weighted by Gasteiger charge is -2.21. The predicted octanol–water partition coefficient (Wildman–Crippen LogP) is 3.47. The van der Waals surface area contributed by atoms with Gasteiger partial charge in [0.15, 0.2) is 0 Å². The van der Waals surface area contributed by atoms with Crippen molar-refractivity contribution >= 4 is 21.8 Å². The van der Waals surface area contributed by atoms with Gasteiger partial charge in [-0.1, -0.05) is 32.9 Å². The lowest BCUT2D eigenvalue weighted by atomic mass is 9.89. The van der Waals surface area contributed by atoms with Gasteiger partial charge >= 0.3 is 0 Å². The van der Waals surface area contributed by atoms with E-state index in [4.69, 9.17) is 0 Å². The molecule has 110 valence electrons. The highest BCUT2D eigenvalue weighted by Crippen LogP contribution is 2.23. The van der Waals surface area contributed by atoms with Crippen molar-refractivity contribution in [1.82, 2.24) is 15.3 Å². The number of halogens is 1. The Balaban J connectivity index is 2.14. The second-order valence-electron chi connectivity index (χ2n) is 5.81. The molecule has 0 saturated heterocycles. The average molecular weight is 348 g/mol. The third kappa shape index (κ3) is 3.88. The second-order valence-corrected chi connectivity index (χ2v) is 6.66. The summed E-state index contributed by atoms with van der Waals surface area (Å²) in [4.78, 5) is 20.6. The van der Waals surface area contributed by atoms with Crippen LogP contribution in [0.5, 0.6) is 0 Å². The molecule has 0 saturated carbocycles. The van der Waals surface area contributed by atoms with Gasteiger partial charge in [-0.05, 0) is 28.1 Å². The fourth-order valence-corrected chi connectivity index (χ4v) is 2.54. The van der Waals surface area contributed by atoms with Crippen molar-refractivity contribution in [1.29, 1.82) is 0 Å². The lowest BCUT2D eigenvalue weighted by Crippen LogP contribution is -2.26. The van der Waals surface area contributed by atoms with Gasteiger partial charge in [0.1, 0.15) is 6.33 Å². The molecule has 0 atom stereocenters. The molecule has 1 aromatic carbocycles. The maximum atomic E-state index is 12.2. The van der Waals surface area contributed by atoms with Crippen LogP contribution in [0.2, 0.25) is 0 Å². The number of nitrogens with one attached hydrogen (secondary N) is 1. The zero-order valence-corrected chi connectivity index (χ0v) is 13.9. The molecule has 0 unspecified atom stereocenters. The molecule has 1 N–H and O–H groups in total. The normalized spacial score (nSPS) is 11.2. The molecule has 2 rings (SSSR count). The summed E-state index contributed by atoms with van der Waals surface area (Å²) in [5.74, 6) is -0.119. The first-order chi connectivity index (χ1) is 9.89. The molecule has 1 amide bonds. The molecule has 1 heterocycles. The van der Waals surface area contributed by atoms with E-state index in [0.717, 1.165) is 15.7 Å². The van der Waals surface area contributed by atoms with E-state index in [0.29, 0.717) is 12.1 Å². The lowest BCUT2D eigenvalue weighted by molar-refractivity contribution is 0.0950. The molecule has 0 fully saturated rings. The number of nitrogens with zero attached hydrogens (tertiary/aromatic N) is 2. The molecular formula is C16H18BrN3O. The van der Waals surface area contributed by atoms with E-state index in [2.05, 4.69) is 52.0 Å². The summed E-state index contributed by atoms with van der Waals surface area (Å²) in [7, 11) is 0. The first-order valence-electron chi connectivity index (χ1n) is 6.71. The SMILES string of the molecule is CC(C)(C)c1ncncc1CNC(=O)c1ccccc1Br. The topological polar surface area (TPSA) is 54.9 Å².